The summed E-state index contributed by atoms with van der Waals surface area (Å²) in [6.07, 6.45) is 3.26. The van der Waals surface area contributed by atoms with Crippen molar-refractivity contribution in [3.63, 3.8) is 0 Å². The van der Waals surface area contributed by atoms with Crippen molar-refractivity contribution in [2.24, 2.45) is 0 Å². The summed E-state index contributed by atoms with van der Waals surface area (Å²) in [4.78, 5) is 4.58. The van der Waals surface area contributed by atoms with E-state index in [4.69, 9.17) is 0 Å². The Morgan fingerprint density at radius 2 is 1.82 bits per heavy atom. The first-order valence-corrected chi connectivity index (χ1v) is 11.3. The molecule has 1 aliphatic rings. The summed E-state index contributed by atoms with van der Waals surface area (Å²) < 4.78 is 28.4. The van der Waals surface area contributed by atoms with Gasteiger partial charge in [-0.2, -0.15) is 8.99 Å². The predicted octanol–water partition coefficient (Wildman–Crippen LogP) is 2.70. The van der Waals surface area contributed by atoms with Crippen molar-refractivity contribution >= 4 is 21.8 Å². The van der Waals surface area contributed by atoms with Crippen LogP contribution in [0.1, 0.15) is 30.8 Å². The second-order valence-corrected chi connectivity index (χ2v) is 9.79. The van der Waals surface area contributed by atoms with Gasteiger partial charge in [-0.1, -0.05) is 30.0 Å². The van der Waals surface area contributed by atoms with Gasteiger partial charge in [0, 0.05) is 19.3 Å². The second-order valence-electron chi connectivity index (χ2n) is 6.49. The molecule has 1 saturated heterocycles. The minimum absolute atomic E-state index is 0.0660. The molecule has 10 heteroatoms. The van der Waals surface area contributed by atoms with Gasteiger partial charge in [0.1, 0.15) is 4.90 Å². The minimum atomic E-state index is -3.44. The standard InChI is InChI=1S/C18H20N6O2S2/c1-14(18-20-21-22-24(18)15-7-3-2-4-8-15)27-17-10-9-16(13-19-17)28(25,26)23-11-5-6-12-23/h2-4,7-10,13-14H,5-6,11-12H2,1H3/t14-/m0/s1. The average Bonchev–Trinajstić information content (AvgIpc) is 3.41. The number of pyridine rings is 1. The third-order valence-corrected chi connectivity index (χ3v) is 7.50. The Kier molecular flexibility index (Phi) is 5.42. The molecule has 4 rings (SSSR count). The fourth-order valence-electron chi connectivity index (χ4n) is 3.10. The number of aromatic nitrogens is 5. The van der Waals surface area contributed by atoms with Gasteiger partial charge >= 0.3 is 0 Å². The van der Waals surface area contributed by atoms with Gasteiger partial charge in [0.25, 0.3) is 0 Å². The molecule has 0 N–H and O–H groups in total. The first-order chi connectivity index (χ1) is 13.6. The van der Waals surface area contributed by atoms with E-state index in [1.54, 1.807) is 16.8 Å². The van der Waals surface area contributed by atoms with Crippen LogP contribution in [0, 0.1) is 0 Å². The quantitative estimate of drug-likeness (QED) is 0.570. The third kappa shape index (κ3) is 3.80. The van der Waals surface area contributed by atoms with Gasteiger partial charge < -0.3 is 0 Å². The first kappa shape index (κ1) is 19.0. The maximum atomic E-state index is 12.6. The summed E-state index contributed by atoms with van der Waals surface area (Å²) in [5, 5.41) is 12.7. The molecule has 1 fully saturated rings. The van der Waals surface area contributed by atoms with Gasteiger partial charge in [0.15, 0.2) is 5.82 Å². The van der Waals surface area contributed by atoms with Crippen LogP contribution in [0.5, 0.6) is 0 Å². The van der Waals surface area contributed by atoms with E-state index < -0.39 is 10.0 Å². The Labute approximate surface area is 168 Å². The number of hydrogen-bond donors (Lipinski definition) is 0. The maximum Gasteiger partial charge on any atom is 0.244 e. The first-order valence-electron chi connectivity index (χ1n) is 9.02. The van der Waals surface area contributed by atoms with E-state index in [-0.39, 0.29) is 10.1 Å². The molecule has 0 radical (unpaired) electrons. The van der Waals surface area contributed by atoms with Crippen molar-refractivity contribution < 1.29 is 8.42 Å². The Balaban J connectivity index is 1.50. The largest absolute Gasteiger partial charge is 0.249 e. The van der Waals surface area contributed by atoms with Crippen LogP contribution in [-0.4, -0.2) is 51.0 Å². The van der Waals surface area contributed by atoms with Crippen LogP contribution in [0.15, 0.2) is 58.6 Å². The highest BCUT2D eigenvalue weighted by Gasteiger charge is 2.27. The summed E-state index contributed by atoms with van der Waals surface area (Å²) >= 11 is 1.48. The molecule has 0 saturated carbocycles. The monoisotopic (exact) mass is 416 g/mol. The molecule has 1 aromatic carbocycles. The molecular formula is C18H20N6O2S2. The molecule has 28 heavy (non-hydrogen) atoms. The van der Waals surface area contributed by atoms with Gasteiger partial charge in [-0.3, -0.25) is 0 Å². The zero-order valence-corrected chi connectivity index (χ0v) is 17.0. The van der Waals surface area contributed by atoms with Crippen LogP contribution in [0.2, 0.25) is 0 Å². The van der Waals surface area contributed by atoms with Gasteiger partial charge in [-0.25, -0.2) is 13.4 Å². The normalized spacial score (nSPS) is 16.3. The lowest BCUT2D eigenvalue weighted by Crippen LogP contribution is -2.27. The number of thioether (sulfide) groups is 1. The Bertz CT molecular complexity index is 1030. The van der Waals surface area contributed by atoms with Crippen molar-refractivity contribution in [2.45, 2.75) is 34.9 Å². The second kappa shape index (κ2) is 7.98. The molecule has 0 unspecified atom stereocenters. The summed E-state index contributed by atoms with van der Waals surface area (Å²) in [6.45, 7) is 3.16. The topological polar surface area (TPSA) is 93.9 Å². The fourth-order valence-corrected chi connectivity index (χ4v) is 5.44. The predicted molar refractivity (Wildman–Crippen MR) is 106 cm³/mol. The van der Waals surface area contributed by atoms with E-state index >= 15 is 0 Å². The molecule has 1 atom stereocenters. The SMILES string of the molecule is C[C@H](Sc1ccc(S(=O)(=O)N2CCCC2)cn1)c1nnnn1-c1ccccc1. The van der Waals surface area contributed by atoms with Crippen LogP contribution < -0.4 is 0 Å². The van der Waals surface area contributed by atoms with E-state index in [1.807, 2.05) is 37.3 Å². The number of nitrogens with zero attached hydrogens (tertiary/aromatic N) is 6. The van der Waals surface area contributed by atoms with Crippen molar-refractivity contribution in [1.82, 2.24) is 29.5 Å². The van der Waals surface area contributed by atoms with Gasteiger partial charge in [0.2, 0.25) is 10.0 Å². The van der Waals surface area contributed by atoms with Gasteiger partial charge in [0.05, 0.1) is 16.0 Å². The minimum Gasteiger partial charge on any atom is -0.249 e. The summed E-state index contributed by atoms with van der Waals surface area (Å²) in [5.74, 6) is 0.701. The van der Waals surface area contributed by atoms with Crippen LogP contribution >= 0.6 is 11.8 Å². The number of para-hydroxylation sites is 1. The van der Waals surface area contributed by atoms with E-state index in [1.165, 1.54) is 22.3 Å². The van der Waals surface area contributed by atoms with Gasteiger partial charge in [-0.15, -0.1) is 5.10 Å². The summed E-state index contributed by atoms with van der Waals surface area (Å²) in [5.41, 5.74) is 0.884. The lowest BCUT2D eigenvalue weighted by atomic mass is 10.3. The Hall–Kier alpha value is -2.30. The average molecular weight is 417 g/mol. The highest BCUT2D eigenvalue weighted by atomic mass is 32.2. The van der Waals surface area contributed by atoms with Crippen molar-refractivity contribution in [2.75, 3.05) is 13.1 Å². The van der Waals surface area contributed by atoms with Crippen molar-refractivity contribution in [1.29, 1.82) is 0 Å². The van der Waals surface area contributed by atoms with Crippen molar-refractivity contribution in [3.05, 3.63) is 54.5 Å². The smallest absolute Gasteiger partial charge is 0.244 e. The lowest BCUT2D eigenvalue weighted by Gasteiger charge is -2.15. The number of benzene rings is 1. The molecule has 0 spiro atoms. The number of rotatable bonds is 6. The third-order valence-electron chi connectivity index (χ3n) is 4.57. The summed E-state index contributed by atoms with van der Waals surface area (Å²) in [6, 6.07) is 13.0. The van der Waals surface area contributed by atoms with Crippen LogP contribution in [-0.2, 0) is 10.0 Å². The fraction of sp³-hybridized carbons (Fsp3) is 0.333. The molecule has 0 bridgehead atoms. The molecule has 2 aromatic heterocycles. The highest BCUT2D eigenvalue weighted by molar-refractivity contribution is 7.99. The molecule has 3 aromatic rings. The number of sulfonamides is 1. The Morgan fingerprint density at radius 1 is 1.07 bits per heavy atom. The van der Waals surface area contributed by atoms with Crippen LogP contribution in [0.25, 0.3) is 5.69 Å². The summed E-state index contributed by atoms with van der Waals surface area (Å²) in [7, 11) is -3.44. The van der Waals surface area contributed by atoms with Crippen molar-refractivity contribution in [3.8, 4) is 5.69 Å². The van der Waals surface area contributed by atoms with E-state index in [9.17, 15) is 8.42 Å². The van der Waals surface area contributed by atoms with Gasteiger partial charge in [-0.05, 0) is 54.5 Å². The molecular weight excluding hydrogens is 396 g/mol. The number of hydrogen-bond acceptors (Lipinski definition) is 7. The maximum absolute atomic E-state index is 12.6. The zero-order chi connectivity index (χ0) is 19.6. The molecule has 146 valence electrons. The molecule has 0 aliphatic carbocycles. The van der Waals surface area contributed by atoms with Crippen LogP contribution in [0.3, 0.4) is 0 Å². The molecule has 8 nitrogen and oxygen atoms in total. The van der Waals surface area contributed by atoms with E-state index in [0.29, 0.717) is 18.9 Å². The zero-order valence-electron chi connectivity index (χ0n) is 15.3. The molecule has 0 amide bonds. The Morgan fingerprint density at radius 3 is 2.50 bits per heavy atom. The highest BCUT2D eigenvalue weighted by Crippen LogP contribution is 2.33. The molecule has 3 heterocycles. The molecule has 1 aliphatic heterocycles. The number of tetrazole rings is 1. The van der Waals surface area contributed by atoms with E-state index in [2.05, 4.69) is 20.5 Å². The van der Waals surface area contributed by atoms with Crippen LogP contribution in [0.4, 0.5) is 0 Å². The lowest BCUT2D eigenvalue weighted by molar-refractivity contribution is 0.477. The van der Waals surface area contributed by atoms with E-state index in [0.717, 1.165) is 23.6 Å².